The van der Waals surface area contributed by atoms with Crippen LogP contribution in [0.25, 0.3) is 0 Å². The lowest BCUT2D eigenvalue weighted by molar-refractivity contribution is -0.384. The first kappa shape index (κ1) is 17.4. The van der Waals surface area contributed by atoms with Crippen LogP contribution in [0.3, 0.4) is 0 Å². The van der Waals surface area contributed by atoms with Gasteiger partial charge in [0.1, 0.15) is 5.69 Å². The van der Waals surface area contributed by atoms with Crippen molar-refractivity contribution in [2.24, 2.45) is 0 Å². The number of rotatable bonds is 7. The lowest BCUT2D eigenvalue weighted by atomic mass is 9.98. The zero-order valence-electron chi connectivity index (χ0n) is 12.6. The Kier molecular flexibility index (Phi) is 5.30. The number of hydrogen-bond acceptors (Lipinski definition) is 5. The standard InChI is InChI=1S/C13H21N3O4S/c1-5-13(3,6-2)15-21(19,20)10-7-8-12(16(17)18)11(9-10)14-4/h7-9,14-15H,5-6H2,1-4H3. The molecular formula is C13H21N3O4S. The number of sulfonamides is 1. The number of nitro benzene ring substituents is 1. The van der Waals surface area contributed by atoms with Crippen LogP contribution < -0.4 is 10.0 Å². The molecule has 0 radical (unpaired) electrons. The van der Waals surface area contributed by atoms with E-state index < -0.39 is 20.5 Å². The van der Waals surface area contributed by atoms with Crippen molar-refractivity contribution < 1.29 is 13.3 Å². The van der Waals surface area contributed by atoms with Gasteiger partial charge in [0.25, 0.3) is 5.69 Å². The van der Waals surface area contributed by atoms with Crippen molar-refractivity contribution in [2.75, 3.05) is 12.4 Å². The molecule has 1 aromatic rings. The van der Waals surface area contributed by atoms with Crippen LogP contribution in [0.4, 0.5) is 11.4 Å². The van der Waals surface area contributed by atoms with Crippen molar-refractivity contribution in [1.82, 2.24) is 4.72 Å². The summed E-state index contributed by atoms with van der Waals surface area (Å²) in [6, 6.07) is 3.70. The Morgan fingerprint density at radius 1 is 1.29 bits per heavy atom. The third kappa shape index (κ3) is 3.92. The summed E-state index contributed by atoms with van der Waals surface area (Å²) in [4.78, 5) is 10.3. The van der Waals surface area contributed by atoms with Crippen molar-refractivity contribution in [1.29, 1.82) is 0 Å². The third-order valence-electron chi connectivity index (χ3n) is 3.69. The van der Waals surface area contributed by atoms with Crippen LogP contribution in [-0.4, -0.2) is 25.9 Å². The summed E-state index contributed by atoms with van der Waals surface area (Å²) in [5, 5.41) is 13.5. The van der Waals surface area contributed by atoms with E-state index in [1.54, 1.807) is 0 Å². The Balaban J connectivity index is 3.24. The number of nitrogens with zero attached hydrogens (tertiary/aromatic N) is 1. The SMILES string of the molecule is CCC(C)(CC)NS(=O)(=O)c1ccc([N+](=O)[O-])c(NC)c1. The minimum atomic E-state index is -3.73. The van der Waals surface area contributed by atoms with Crippen LogP contribution in [0.15, 0.2) is 23.1 Å². The van der Waals surface area contributed by atoms with Gasteiger partial charge in [-0.25, -0.2) is 13.1 Å². The molecule has 8 heteroatoms. The molecule has 0 amide bonds. The maximum Gasteiger partial charge on any atom is 0.292 e. The molecule has 1 aromatic carbocycles. The minimum Gasteiger partial charge on any atom is -0.383 e. The summed E-state index contributed by atoms with van der Waals surface area (Å²) in [6.07, 6.45) is 1.29. The van der Waals surface area contributed by atoms with Crippen molar-refractivity contribution in [3.63, 3.8) is 0 Å². The van der Waals surface area contributed by atoms with Crippen molar-refractivity contribution in [3.05, 3.63) is 28.3 Å². The number of anilines is 1. The lowest BCUT2D eigenvalue weighted by Crippen LogP contribution is -2.44. The molecule has 7 nitrogen and oxygen atoms in total. The van der Waals surface area contributed by atoms with Gasteiger partial charge in [-0.1, -0.05) is 13.8 Å². The van der Waals surface area contributed by atoms with E-state index in [2.05, 4.69) is 10.0 Å². The highest BCUT2D eigenvalue weighted by Crippen LogP contribution is 2.28. The maximum absolute atomic E-state index is 12.4. The molecule has 0 aliphatic heterocycles. The summed E-state index contributed by atoms with van der Waals surface area (Å²) in [5.74, 6) is 0. The normalized spacial score (nSPS) is 12.2. The molecule has 0 spiro atoms. The van der Waals surface area contributed by atoms with Crippen molar-refractivity contribution >= 4 is 21.4 Å². The molecule has 0 unspecified atom stereocenters. The molecule has 1 rings (SSSR count). The minimum absolute atomic E-state index is 0.00516. The molecule has 0 fully saturated rings. The van der Waals surface area contributed by atoms with Crippen LogP contribution >= 0.6 is 0 Å². The highest BCUT2D eigenvalue weighted by atomic mass is 32.2. The fraction of sp³-hybridized carbons (Fsp3) is 0.538. The number of hydrogen-bond donors (Lipinski definition) is 2. The van der Waals surface area contributed by atoms with E-state index in [0.29, 0.717) is 12.8 Å². The second-order valence-electron chi connectivity index (χ2n) is 5.06. The zero-order valence-corrected chi connectivity index (χ0v) is 13.5. The number of benzene rings is 1. The third-order valence-corrected chi connectivity index (χ3v) is 5.32. The van der Waals surface area contributed by atoms with E-state index in [-0.39, 0.29) is 16.3 Å². The second-order valence-corrected chi connectivity index (χ2v) is 6.74. The van der Waals surface area contributed by atoms with Crippen LogP contribution in [0.5, 0.6) is 0 Å². The number of nitro groups is 1. The van der Waals surface area contributed by atoms with Gasteiger partial charge in [0.05, 0.1) is 9.82 Å². The van der Waals surface area contributed by atoms with Gasteiger partial charge >= 0.3 is 0 Å². The van der Waals surface area contributed by atoms with Gasteiger partial charge in [-0.15, -0.1) is 0 Å². The van der Waals surface area contributed by atoms with Gasteiger partial charge in [-0.3, -0.25) is 10.1 Å². The highest BCUT2D eigenvalue weighted by Gasteiger charge is 2.28. The predicted octanol–water partition coefficient (Wildman–Crippen LogP) is 2.49. The summed E-state index contributed by atoms with van der Waals surface area (Å²) in [5.41, 5.74) is -0.539. The fourth-order valence-electron chi connectivity index (χ4n) is 1.82. The average Bonchev–Trinajstić information content (AvgIpc) is 2.45. The van der Waals surface area contributed by atoms with Gasteiger partial charge in [-0.2, -0.15) is 0 Å². The van der Waals surface area contributed by atoms with Crippen LogP contribution in [-0.2, 0) is 10.0 Å². The van der Waals surface area contributed by atoms with Gasteiger partial charge in [0, 0.05) is 18.7 Å². The molecule has 0 saturated carbocycles. The molecule has 0 aromatic heterocycles. The smallest absolute Gasteiger partial charge is 0.292 e. The Bertz CT molecular complexity index is 624. The molecule has 0 atom stereocenters. The Hall–Kier alpha value is -1.67. The zero-order chi connectivity index (χ0) is 16.3. The summed E-state index contributed by atoms with van der Waals surface area (Å²) >= 11 is 0. The van der Waals surface area contributed by atoms with Gasteiger partial charge in [0.15, 0.2) is 0 Å². The molecule has 0 heterocycles. The lowest BCUT2D eigenvalue weighted by Gasteiger charge is -2.27. The van der Waals surface area contributed by atoms with E-state index in [4.69, 9.17) is 0 Å². The van der Waals surface area contributed by atoms with E-state index in [1.165, 1.54) is 25.2 Å². The summed E-state index contributed by atoms with van der Waals surface area (Å²) in [6.45, 7) is 5.64. The Morgan fingerprint density at radius 2 is 1.86 bits per heavy atom. The second kappa shape index (κ2) is 6.40. The van der Waals surface area contributed by atoms with Gasteiger partial charge in [0.2, 0.25) is 10.0 Å². The molecular weight excluding hydrogens is 294 g/mol. The number of nitrogens with one attached hydrogen (secondary N) is 2. The quantitative estimate of drug-likeness (QED) is 0.594. The van der Waals surface area contributed by atoms with Crippen molar-refractivity contribution in [3.8, 4) is 0 Å². The molecule has 0 bridgehead atoms. The first-order chi connectivity index (χ1) is 9.69. The monoisotopic (exact) mass is 315 g/mol. The summed E-state index contributed by atoms with van der Waals surface area (Å²) in [7, 11) is -2.22. The van der Waals surface area contributed by atoms with E-state index in [1.807, 2.05) is 20.8 Å². The van der Waals surface area contributed by atoms with Crippen LogP contribution in [0, 0.1) is 10.1 Å². The Morgan fingerprint density at radius 3 is 2.29 bits per heavy atom. The molecule has 21 heavy (non-hydrogen) atoms. The van der Waals surface area contributed by atoms with Crippen LogP contribution in [0.2, 0.25) is 0 Å². The Labute approximate surface area is 124 Å². The largest absolute Gasteiger partial charge is 0.383 e. The first-order valence-electron chi connectivity index (χ1n) is 6.69. The van der Waals surface area contributed by atoms with Crippen LogP contribution in [0.1, 0.15) is 33.6 Å². The fourth-order valence-corrected chi connectivity index (χ4v) is 3.39. The maximum atomic E-state index is 12.4. The molecule has 0 saturated heterocycles. The molecule has 118 valence electrons. The molecule has 0 aliphatic rings. The highest BCUT2D eigenvalue weighted by molar-refractivity contribution is 7.89. The molecule has 0 aliphatic carbocycles. The molecule has 2 N–H and O–H groups in total. The first-order valence-corrected chi connectivity index (χ1v) is 8.17. The van der Waals surface area contributed by atoms with E-state index >= 15 is 0 Å². The van der Waals surface area contributed by atoms with E-state index in [9.17, 15) is 18.5 Å². The summed E-state index contributed by atoms with van der Waals surface area (Å²) < 4.78 is 27.5. The predicted molar refractivity (Wildman–Crippen MR) is 82.0 cm³/mol. The average molecular weight is 315 g/mol. The van der Waals surface area contributed by atoms with Gasteiger partial charge in [-0.05, 0) is 31.9 Å². The van der Waals surface area contributed by atoms with Gasteiger partial charge < -0.3 is 5.32 Å². The van der Waals surface area contributed by atoms with E-state index in [0.717, 1.165) is 0 Å². The van der Waals surface area contributed by atoms with Crippen molar-refractivity contribution in [2.45, 2.75) is 44.0 Å². The topological polar surface area (TPSA) is 101 Å².